The molecule has 2 nitrogen and oxygen atoms in total. The second-order valence-corrected chi connectivity index (χ2v) is 5.63. The number of halogens is 3. The Morgan fingerprint density at radius 2 is 2.15 bits per heavy atom. The standard InChI is InChI=1S/C15H15BrClFN2/c1-2-19-13(9-10-5-3-4-8-20-10)11-6-7-12(16)14(17)15(11)18/h3-8,13,19H,2,9H2,1H3. The van der Waals surface area contributed by atoms with Gasteiger partial charge in [-0.1, -0.05) is 30.7 Å². The zero-order valence-electron chi connectivity index (χ0n) is 11.0. The van der Waals surface area contributed by atoms with Crippen molar-refractivity contribution in [3.8, 4) is 0 Å². The molecule has 0 radical (unpaired) electrons. The van der Waals surface area contributed by atoms with E-state index in [1.165, 1.54) is 0 Å². The number of hydrogen-bond acceptors (Lipinski definition) is 2. The Balaban J connectivity index is 2.31. The van der Waals surface area contributed by atoms with Crippen LogP contribution in [0.1, 0.15) is 24.2 Å². The highest BCUT2D eigenvalue weighted by atomic mass is 79.9. The van der Waals surface area contributed by atoms with Crippen LogP contribution in [0.15, 0.2) is 41.0 Å². The number of likely N-dealkylation sites (N-methyl/N-ethyl adjacent to an activating group) is 1. The summed E-state index contributed by atoms with van der Waals surface area (Å²) in [6.07, 6.45) is 2.35. The van der Waals surface area contributed by atoms with Crippen LogP contribution in [-0.2, 0) is 6.42 Å². The molecule has 5 heteroatoms. The van der Waals surface area contributed by atoms with E-state index >= 15 is 0 Å². The van der Waals surface area contributed by atoms with Crippen molar-refractivity contribution in [2.75, 3.05) is 6.54 Å². The number of rotatable bonds is 5. The molecular weight excluding hydrogens is 343 g/mol. The maximum atomic E-state index is 14.3. The lowest BCUT2D eigenvalue weighted by atomic mass is 10.0. The summed E-state index contributed by atoms with van der Waals surface area (Å²) in [4.78, 5) is 4.29. The van der Waals surface area contributed by atoms with E-state index in [1.807, 2.05) is 25.1 Å². The van der Waals surface area contributed by atoms with E-state index in [0.29, 0.717) is 16.5 Å². The average Bonchev–Trinajstić information content (AvgIpc) is 2.46. The smallest absolute Gasteiger partial charge is 0.147 e. The summed E-state index contributed by atoms with van der Waals surface area (Å²) in [6, 6.07) is 9.09. The molecule has 1 aromatic heterocycles. The summed E-state index contributed by atoms with van der Waals surface area (Å²) >= 11 is 9.20. The highest BCUT2D eigenvalue weighted by molar-refractivity contribution is 9.10. The molecule has 1 atom stereocenters. The lowest BCUT2D eigenvalue weighted by Gasteiger charge is -2.19. The molecule has 106 valence electrons. The van der Waals surface area contributed by atoms with Gasteiger partial charge in [-0.25, -0.2) is 4.39 Å². The molecule has 20 heavy (non-hydrogen) atoms. The zero-order valence-corrected chi connectivity index (χ0v) is 13.4. The molecule has 1 heterocycles. The minimum absolute atomic E-state index is 0.117. The molecule has 0 spiro atoms. The number of benzene rings is 1. The molecule has 2 aromatic rings. The van der Waals surface area contributed by atoms with Crippen molar-refractivity contribution in [2.45, 2.75) is 19.4 Å². The minimum Gasteiger partial charge on any atom is -0.310 e. The Hall–Kier alpha value is -0.970. The third-order valence-corrected chi connectivity index (χ3v) is 4.29. The molecule has 0 saturated heterocycles. The largest absolute Gasteiger partial charge is 0.310 e. The highest BCUT2D eigenvalue weighted by Gasteiger charge is 2.19. The predicted octanol–water partition coefficient (Wildman–Crippen LogP) is 4.53. The van der Waals surface area contributed by atoms with E-state index < -0.39 is 0 Å². The van der Waals surface area contributed by atoms with E-state index in [1.54, 1.807) is 18.3 Å². The van der Waals surface area contributed by atoms with Gasteiger partial charge < -0.3 is 5.32 Å². The van der Waals surface area contributed by atoms with Crippen LogP contribution in [0.5, 0.6) is 0 Å². The van der Waals surface area contributed by atoms with E-state index in [4.69, 9.17) is 11.6 Å². The summed E-state index contributed by atoms with van der Waals surface area (Å²) in [5, 5.41) is 3.40. The van der Waals surface area contributed by atoms with Crippen LogP contribution >= 0.6 is 27.5 Å². The van der Waals surface area contributed by atoms with E-state index in [9.17, 15) is 4.39 Å². The first-order valence-corrected chi connectivity index (χ1v) is 7.57. The molecule has 0 aliphatic carbocycles. The minimum atomic E-state index is -0.386. The first kappa shape index (κ1) is 15.4. The maximum Gasteiger partial charge on any atom is 0.147 e. The molecule has 1 aromatic carbocycles. The second-order valence-electron chi connectivity index (χ2n) is 4.40. The quantitative estimate of drug-likeness (QED) is 0.795. The first-order valence-electron chi connectivity index (χ1n) is 6.40. The molecule has 1 unspecified atom stereocenters. The molecule has 0 fully saturated rings. The van der Waals surface area contributed by atoms with Crippen molar-refractivity contribution in [3.05, 3.63) is 63.1 Å². The van der Waals surface area contributed by atoms with Crippen molar-refractivity contribution < 1.29 is 4.39 Å². The van der Waals surface area contributed by atoms with E-state index in [0.717, 1.165) is 12.2 Å². The van der Waals surface area contributed by atoms with Gasteiger partial charge in [0.1, 0.15) is 5.82 Å². The van der Waals surface area contributed by atoms with Crippen LogP contribution in [0.4, 0.5) is 4.39 Å². The van der Waals surface area contributed by atoms with Gasteiger partial charge in [-0.3, -0.25) is 4.98 Å². The lowest BCUT2D eigenvalue weighted by molar-refractivity contribution is 0.506. The molecule has 0 amide bonds. The van der Waals surface area contributed by atoms with Gasteiger partial charge in [0.05, 0.1) is 5.02 Å². The molecule has 0 aliphatic rings. The summed E-state index contributed by atoms with van der Waals surface area (Å²) in [6.45, 7) is 2.73. The Labute approximate surface area is 131 Å². The lowest BCUT2D eigenvalue weighted by Crippen LogP contribution is -2.24. The SMILES string of the molecule is CCNC(Cc1ccccn1)c1ccc(Br)c(Cl)c1F. The van der Waals surface area contributed by atoms with Crippen LogP contribution in [0.3, 0.4) is 0 Å². The van der Waals surface area contributed by atoms with Crippen molar-refractivity contribution in [1.29, 1.82) is 0 Å². The summed E-state index contributed by atoms with van der Waals surface area (Å²) in [5.41, 5.74) is 1.47. The Morgan fingerprint density at radius 1 is 1.35 bits per heavy atom. The van der Waals surface area contributed by atoms with Crippen molar-refractivity contribution in [1.82, 2.24) is 10.3 Å². The van der Waals surface area contributed by atoms with Crippen LogP contribution in [0.2, 0.25) is 5.02 Å². The third-order valence-electron chi connectivity index (χ3n) is 3.03. The molecule has 2 rings (SSSR count). The summed E-state index contributed by atoms with van der Waals surface area (Å²) in [7, 11) is 0. The monoisotopic (exact) mass is 356 g/mol. The zero-order chi connectivity index (χ0) is 14.5. The van der Waals surface area contributed by atoms with Gasteiger partial charge in [0.2, 0.25) is 0 Å². The predicted molar refractivity (Wildman–Crippen MR) is 83.5 cm³/mol. The average molecular weight is 358 g/mol. The summed E-state index contributed by atoms with van der Waals surface area (Å²) < 4.78 is 14.9. The Bertz CT molecular complexity index is 578. The maximum absolute atomic E-state index is 14.3. The van der Waals surface area contributed by atoms with Crippen LogP contribution in [0.25, 0.3) is 0 Å². The fourth-order valence-electron chi connectivity index (χ4n) is 2.08. The van der Waals surface area contributed by atoms with Crippen LogP contribution in [0, 0.1) is 5.82 Å². The van der Waals surface area contributed by atoms with Crippen LogP contribution in [-0.4, -0.2) is 11.5 Å². The van der Waals surface area contributed by atoms with Gasteiger partial charge in [0.25, 0.3) is 0 Å². The number of pyridine rings is 1. The number of aromatic nitrogens is 1. The fourth-order valence-corrected chi connectivity index (χ4v) is 2.55. The second kappa shape index (κ2) is 7.16. The van der Waals surface area contributed by atoms with Crippen molar-refractivity contribution in [3.63, 3.8) is 0 Å². The topological polar surface area (TPSA) is 24.9 Å². The first-order chi connectivity index (χ1) is 9.63. The fraction of sp³-hybridized carbons (Fsp3) is 0.267. The highest BCUT2D eigenvalue weighted by Crippen LogP contribution is 2.31. The summed E-state index contributed by atoms with van der Waals surface area (Å²) in [5.74, 6) is -0.386. The van der Waals surface area contributed by atoms with Crippen LogP contribution < -0.4 is 5.32 Å². The molecule has 0 bridgehead atoms. The van der Waals surface area contributed by atoms with Gasteiger partial charge in [0, 0.05) is 34.4 Å². The van der Waals surface area contributed by atoms with Crippen molar-refractivity contribution in [2.24, 2.45) is 0 Å². The number of nitrogens with zero attached hydrogens (tertiary/aromatic N) is 1. The molecule has 1 N–H and O–H groups in total. The van der Waals surface area contributed by atoms with Gasteiger partial charge >= 0.3 is 0 Å². The van der Waals surface area contributed by atoms with E-state index in [-0.39, 0.29) is 16.9 Å². The number of nitrogens with one attached hydrogen (secondary N) is 1. The Morgan fingerprint density at radius 3 is 2.80 bits per heavy atom. The van der Waals surface area contributed by atoms with Gasteiger partial charge in [-0.2, -0.15) is 0 Å². The van der Waals surface area contributed by atoms with Gasteiger partial charge in [-0.05, 0) is 40.7 Å². The van der Waals surface area contributed by atoms with Gasteiger partial charge in [-0.15, -0.1) is 0 Å². The Kier molecular flexibility index (Phi) is 5.52. The van der Waals surface area contributed by atoms with Crippen molar-refractivity contribution >= 4 is 27.5 Å². The molecule has 0 aliphatic heterocycles. The van der Waals surface area contributed by atoms with E-state index in [2.05, 4.69) is 26.2 Å². The molecule has 0 saturated carbocycles. The molecular formula is C15H15BrClFN2. The normalized spacial score (nSPS) is 12.4. The number of hydrogen-bond donors (Lipinski definition) is 1. The third kappa shape index (κ3) is 3.57. The van der Waals surface area contributed by atoms with Gasteiger partial charge in [0.15, 0.2) is 0 Å².